The Labute approximate surface area is 118 Å². The van der Waals surface area contributed by atoms with Crippen LogP contribution in [0.5, 0.6) is 0 Å². The van der Waals surface area contributed by atoms with Crippen molar-refractivity contribution < 1.29 is 17.9 Å². The molecule has 0 radical (unpaired) electrons. The first-order chi connectivity index (χ1) is 9.24. The minimum absolute atomic E-state index is 0.0343. The molecule has 0 aromatic heterocycles. The third-order valence-corrected chi connectivity index (χ3v) is 5.53. The molecule has 5 nitrogen and oxygen atoms in total. The number of nitrogen functional groups attached to an aromatic ring is 1. The van der Waals surface area contributed by atoms with Crippen molar-refractivity contribution in [1.82, 2.24) is 4.31 Å². The summed E-state index contributed by atoms with van der Waals surface area (Å²) in [6, 6.07) is 3.30. The Morgan fingerprint density at radius 1 is 1.40 bits per heavy atom. The largest absolute Gasteiger partial charge is 0.396 e. The molecule has 0 aliphatic heterocycles. The summed E-state index contributed by atoms with van der Waals surface area (Å²) >= 11 is 0. The van der Waals surface area contributed by atoms with Gasteiger partial charge in [0.2, 0.25) is 10.0 Å². The van der Waals surface area contributed by atoms with Crippen LogP contribution in [0.25, 0.3) is 0 Å². The topological polar surface area (TPSA) is 83.6 Å². The molecule has 0 unspecified atom stereocenters. The van der Waals surface area contributed by atoms with Crippen molar-refractivity contribution in [3.8, 4) is 0 Å². The van der Waals surface area contributed by atoms with Crippen LogP contribution in [-0.2, 0) is 10.0 Å². The number of benzene rings is 1. The molecule has 1 saturated carbocycles. The number of anilines is 1. The molecular formula is C13H19FN2O3S. The lowest BCUT2D eigenvalue weighted by Gasteiger charge is -2.28. The minimum Gasteiger partial charge on any atom is -0.396 e. The number of likely N-dealkylation sites (N-methyl/N-ethyl adjacent to an activating group) is 1. The van der Waals surface area contributed by atoms with Crippen LogP contribution in [0.3, 0.4) is 0 Å². The number of aliphatic hydroxyl groups is 1. The second kappa shape index (κ2) is 5.31. The monoisotopic (exact) mass is 302 g/mol. The minimum atomic E-state index is -3.78. The van der Waals surface area contributed by atoms with Crippen molar-refractivity contribution in [2.75, 3.05) is 19.3 Å². The number of halogens is 1. The Balaban J connectivity index is 2.22. The molecule has 1 fully saturated rings. The first kappa shape index (κ1) is 15.2. The van der Waals surface area contributed by atoms with E-state index in [1.165, 1.54) is 13.1 Å². The second-order valence-electron chi connectivity index (χ2n) is 5.38. The van der Waals surface area contributed by atoms with E-state index in [0.29, 0.717) is 12.8 Å². The van der Waals surface area contributed by atoms with Gasteiger partial charge in [0.1, 0.15) is 5.82 Å². The highest BCUT2D eigenvalue weighted by Crippen LogP contribution is 2.31. The molecule has 0 heterocycles. The van der Waals surface area contributed by atoms with Gasteiger partial charge in [-0.3, -0.25) is 0 Å². The fourth-order valence-corrected chi connectivity index (χ4v) is 3.84. The van der Waals surface area contributed by atoms with Crippen molar-refractivity contribution in [2.45, 2.75) is 36.2 Å². The smallest absolute Gasteiger partial charge is 0.242 e. The predicted octanol–water partition coefficient (Wildman–Crippen LogP) is 1.33. The average molecular weight is 302 g/mol. The number of sulfonamides is 1. The average Bonchev–Trinajstić information content (AvgIpc) is 2.79. The van der Waals surface area contributed by atoms with E-state index in [2.05, 4.69) is 0 Å². The zero-order chi connectivity index (χ0) is 15.0. The van der Waals surface area contributed by atoms with E-state index in [1.54, 1.807) is 0 Å². The highest BCUT2D eigenvalue weighted by atomic mass is 32.2. The summed E-state index contributed by atoms with van der Waals surface area (Å²) in [5.41, 5.74) is 4.23. The maximum Gasteiger partial charge on any atom is 0.242 e. The Kier molecular flexibility index (Phi) is 4.04. The summed E-state index contributed by atoms with van der Waals surface area (Å²) in [4.78, 5) is -0.0690. The van der Waals surface area contributed by atoms with Gasteiger partial charge in [-0.25, -0.2) is 12.8 Å². The van der Waals surface area contributed by atoms with Gasteiger partial charge in [-0.15, -0.1) is 0 Å². The van der Waals surface area contributed by atoms with Crippen LogP contribution in [-0.4, -0.2) is 37.0 Å². The highest BCUT2D eigenvalue weighted by molar-refractivity contribution is 7.89. The Hall–Kier alpha value is -1.18. The summed E-state index contributed by atoms with van der Waals surface area (Å²) in [5.74, 6) is -0.652. The molecule has 0 amide bonds. The van der Waals surface area contributed by atoms with Crippen LogP contribution >= 0.6 is 0 Å². The lowest BCUT2D eigenvalue weighted by Crippen LogP contribution is -2.42. The zero-order valence-electron chi connectivity index (χ0n) is 11.3. The molecular weight excluding hydrogens is 283 g/mol. The summed E-state index contributed by atoms with van der Waals surface area (Å²) in [5, 5.41) is 10.3. The van der Waals surface area contributed by atoms with Crippen molar-refractivity contribution in [1.29, 1.82) is 0 Å². The van der Waals surface area contributed by atoms with Crippen molar-refractivity contribution in [3.63, 3.8) is 0 Å². The Morgan fingerprint density at radius 3 is 2.55 bits per heavy atom. The van der Waals surface area contributed by atoms with E-state index < -0.39 is 21.4 Å². The van der Waals surface area contributed by atoms with Crippen molar-refractivity contribution in [3.05, 3.63) is 24.0 Å². The normalized spacial score (nSPS) is 18.6. The molecule has 0 saturated heterocycles. The van der Waals surface area contributed by atoms with E-state index >= 15 is 0 Å². The van der Waals surface area contributed by atoms with Crippen LogP contribution in [0, 0.1) is 5.82 Å². The zero-order valence-corrected chi connectivity index (χ0v) is 12.2. The highest BCUT2D eigenvalue weighted by Gasteiger charge is 2.35. The molecule has 3 N–H and O–H groups in total. The van der Waals surface area contributed by atoms with E-state index in [-0.39, 0.29) is 17.1 Å². The maximum atomic E-state index is 13.1. The number of rotatable bonds is 4. The fourth-order valence-electron chi connectivity index (χ4n) is 2.55. The molecule has 112 valence electrons. The molecule has 1 aliphatic rings. The summed E-state index contributed by atoms with van der Waals surface area (Å²) in [6.07, 6.45) is 2.98. The summed E-state index contributed by atoms with van der Waals surface area (Å²) < 4.78 is 38.9. The molecule has 1 aliphatic carbocycles. The third-order valence-electron chi connectivity index (χ3n) is 3.73. The molecule has 1 aromatic carbocycles. The van der Waals surface area contributed by atoms with Gasteiger partial charge in [-0.05, 0) is 31.0 Å². The Bertz CT molecular complexity index is 598. The van der Waals surface area contributed by atoms with Crippen molar-refractivity contribution in [2.24, 2.45) is 0 Å². The second-order valence-corrected chi connectivity index (χ2v) is 7.42. The number of nitrogens with zero attached hydrogens (tertiary/aromatic N) is 1. The van der Waals surface area contributed by atoms with Crippen LogP contribution in [0.2, 0.25) is 0 Å². The van der Waals surface area contributed by atoms with Gasteiger partial charge in [0.25, 0.3) is 0 Å². The van der Waals surface area contributed by atoms with E-state index in [1.807, 2.05) is 0 Å². The lowest BCUT2D eigenvalue weighted by molar-refractivity contribution is 0.0333. The maximum absolute atomic E-state index is 13.1. The molecule has 2 rings (SSSR count). The van der Waals surface area contributed by atoms with Gasteiger partial charge in [-0.1, -0.05) is 12.8 Å². The first-order valence-electron chi connectivity index (χ1n) is 6.48. The van der Waals surface area contributed by atoms with Gasteiger partial charge in [0.05, 0.1) is 16.2 Å². The molecule has 0 spiro atoms. The van der Waals surface area contributed by atoms with E-state index in [9.17, 15) is 17.9 Å². The number of hydrogen-bond acceptors (Lipinski definition) is 4. The Morgan fingerprint density at radius 2 is 2.00 bits per heavy atom. The quantitative estimate of drug-likeness (QED) is 0.822. The summed E-state index contributed by atoms with van der Waals surface area (Å²) in [7, 11) is -2.37. The third kappa shape index (κ3) is 2.94. The van der Waals surface area contributed by atoms with Gasteiger partial charge >= 0.3 is 0 Å². The molecule has 20 heavy (non-hydrogen) atoms. The SMILES string of the molecule is CN(CC1(O)CCCC1)S(=O)(=O)c1ccc(F)c(N)c1. The van der Waals surface area contributed by atoms with Crippen LogP contribution in [0.1, 0.15) is 25.7 Å². The molecule has 0 bridgehead atoms. The number of hydrogen-bond donors (Lipinski definition) is 2. The van der Waals surface area contributed by atoms with Crippen LogP contribution in [0.4, 0.5) is 10.1 Å². The standard InChI is InChI=1S/C13H19FN2O3S/c1-16(9-13(17)6-2-3-7-13)20(18,19)10-4-5-11(14)12(15)8-10/h4-5,8,17H,2-3,6-7,9,15H2,1H3. The van der Waals surface area contributed by atoms with E-state index in [4.69, 9.17) is 5.73 Å². The molecule has 1 aromatic rings. The van der Waals surface area contributed by atoms with Crippen LogP contribution < -0.4 is 5.73 Å². The molecule has 7 heteroatoms. The van der Waals surface area contributed by atoms with Gasteiger partial charge in [0, 0.05) is 13.6 Å². The van der Waals surface area contributed by atoms with Gasteiger partial charge in [-0.2, -0.15) is 4.31 Å². The van der Waals surface area contributed by atoms with E-state index in [0.717, 1.165) is 29.3 Å². The predicted molar refractivity (Wildman–Crippen MR) is 74.0 cm³/mol. The molecule has 0 atom stereocenters. The fraction of sp³-hybridized carbons (Fsp3) is 0.538. The van der Waals surface area contributed by atoms with Crippen molar-refractivity contribution >= 4 is 15.7 Å². The summed E-state index contributed by atoms with van der Waals surface area (Å²) in [6.45, 7) is 0.0343. The number of nitrogens with two attached hydrogens (primary N) is 1. The first-order valence-corrected chi connectivity index (χ1v) is 7.92. The van der Waals surface area contributed by atoms with Gasteiger partial charge < -0.3 is 10.8 Å². The van der Waals surface area contributed by atoms with Gasteiger partial charge in [0.15, 0.2) is 0 Å². The lowest BCUT2D eigenvalue weighted by atomic mass is 10.0. The van der Waals surface area contributed by atoms with Crippen LogP contribution in [0.15, 0.2) is 23.1 Å².